The fraction of sp³-hybridized carbons (Fsp3) is 0.133. The van der Waals surface area contributed by atoms with Gasteiger partial charge < -0.3 is 15.8 Å². The van der Waals surface area contributed by atoms with Gasteiger partial charge in [-0.2, -0.15) is 0 Å². The molecule has 0 saturated heterocycles. The number of carbonyl (C=O) groups is 1. The largest absolute Gasteiger partial charge is 0.465 e. The fourth-order valence-corrected chi connectivity index (χ4v) is 2.37. The van der Waals surface area contributed by atoms with Crippen molar-refractivity contribution in [1.29, 1.82) is 0 Å². The van der Waals surface area contributed by atoms with Crippen LogP contribution in [0.3, 0.4) is 0 Å². The van der Waals surface area contributed by atoms with Gasteiger partial charge in [0.25, 0.3) is 0 Å². The number of hydrogen-bond donors (Lipinski definition) is 2. The van der Waals surface area contributed by atoms with E-state index in [9.17, 15) is 4.79 Å². The minimum Gasteiger partial charge on any atom is -0.465 e. The van der Waals surface area contributed by atoms with Crippen molar-refractivity contribution in [3.63, 3.8) is 0 Å². The van der Waals surface area contributed by atoms with Crippen molar-refractivity contribution in [1.82, 2.24) is 0 Å². The number of para-hydroxylation sites is 1. The van der Waals surface area contributed by atoms with E-state index in [2.05, 4.69) is 10.1 Å². The molecule has 0 bridgehead atoms. The maximum atomic E-state index is 11.4. The second-order valence-corrected chi connectivity index (χ2v) is 4.97. The van der Waals surface area contributed by atoms with Gasteiger partial charge in [-0.05, 0) is 36.6 Å². The molecule has 0 aliphatic rings. The molecule has 0 spiro atoms. The molecule has 20 heavy (non-hydrogen) atoms. The van der Waals surface area contributed by atoms with Crippen LogP contribution in [0.4, 0.5) is 17.1 Å². The third-order valence-electron chi connectivity index (χ3n) is 2.85. The monoisotopic (exact) mass is 288 g/mol. The lowest BCUT2D eigenvalue weighted by Crippen LogP contribution is -2.04. The van der Waals surface area contributed by atoms with Crippen LogP contribution in [0.1, 0.15) is 10.4 Å². The van der Waals surface area contributed by atoms with Gasteiger partial charge in [0, 0.05) is 4.90 Å². The van der Waals surface area contributed by atoms with E-state index in [-0.39, 0.29) is 0 Å². The van der Waals surface area contributed by atoms with Gasteiger partial charge in [-0.3, -0.25) is 0 Å². The molecule has 2 aromatic rings. The zero-order valence-electron chi connectivity index (χ0n) is 11.3. The van der Waals surface area contributed by atoms with Gasteiger partial charge in [-0.1, -0.05) is 12.1 Å². The first-order valence-corrected chi connectivity index (χ1v) is 7.26. The first-order chi connectivity index (χ1) is 9.65. The molecule has 0 heterocycles. The van der Waals surface area contributed by atoms with Gasteiger partial charge >= 0.3 is 5.97 Å². The van der Waals surface area contributed by atoms with Crippen molar-refractivity contribution in [2.75, 3.05) is 24.4 Å². The van der Waals surface area contributed by atoms with Crippen molar-refractivity contribution < 1.29 is 9.53 Å². The Bertz CT molecular complexity index is 629. The highest BCUT2D eigenvalue weighted by Gasteiger charge is 2.09. The minimum absolute atomic E-state index is 0.396. The SMILES string of the molecule is COC(=O)c1ccc(Nc2ccccc2SC)c(N)c1. The third-order valence-corrected chi connectivity index (χ3v) is 3.64. The first-order valence-electron chi connectivity index (χ1n) is 6.03. The molecular formula is C15H16N2O2S. The molecule has 0 atom stereocenters. The predicted molar refractivity (Wildman–Crippen MR) is 83.7 cm³/mol. The fourth-order valence-electron chi connectivity index (χ4n) is 1.81. The van der Waals surface area contributed by atoms with Crippen LogP contribution in [0.15, 0.2) is 47.4 Å². The predicted octanol–water partition coefficient (Wildman–Crippen LogP) is 3.52. The van der Waals surface area contributed by atoms with E-state index in [4.69, 9.17) is 5.73 Å². The molecule has 0 aliphatic carbocycles. The number of hydrogen-bond acceptors (Lipinski definition) is 5. The van der Waals surface area contributed by atoms with Gasteiger partial charge in [0.2, 0.25) is 0 Å². The van der Waals surface area contributed by atoms with Crippen molar-refractivity contribution in [2.24, 2.45) is 0 Å². The molecule has 5 heteroatoms. The highest BCUT2D eigenvalue weighted by Crippen LogP contribution is 2.30. The van der Waals surface area contributed by atoms with Crippen molar-refractivity contribution in [2.45, 2.75) is 4.90 Å². The third kappa shape index (κ3) is 3.05. The van der Waals surface area contributed by atoms with Gasteiger partial charge in [0.15, 0.2) is 0 Å². The summed E-state index contributed by atoms with van der Waals surface area (Å²) in [6.07, 6.45) is 2.02. The normalized spacial score (nSPS) is 10.1. The number of benzene rings is 2. The summed E-state index contributed by atoms with van der Waals surface area (Å²) in [6, 6.07) is 13.0. The van der Waals surface area contributed by atoms with Crippen LogP contribution in [-0.4, -0.2) is 19.3 Å². The van der Waals surface area contributed by atoms with Crippen LogP contribution >= 0.6 is 11.8 Å². The van der Waals surface area contributed by atoms with E-state index in [1.807, 2.05) is 30.5 Å². The Morgan fingerprint density at radius 2 is 1.95 bits per heavy atom. The number of ether oxygens (including phenoxy) is 1. The Hall–Kier alpha value is -2.14. The molecule has 0 saturated carbocycles. The standard InChI is InChI=1S/C15H16N2O2S/c1-19-15(18)10-7-8-12(11(16)9-10)17-13-5-3-4-6-14(13)20-2/h3-9,17H,16H2,1-2H3. The molecule has 2 aromatic carbocycles. The molecule has 0 amide bonds. The van der Waals surface area contributed by atoms with Crippen molar-refractivity contribution >= 4 is 34.8 Å². The van der Waals surface area contributed by atoms with E-state index in [0.717, 1.165) is 16.3 Å². The Morgan fingerprint density at radius 3 is 2.60 bits per heavy atom. The molecule has 0 fully saturated rings. The van der Waals surface area contributed by atoms with E-state index in [1.165, 1.54) is 7.11 Å². The molecule has 2 rings (SSSR count). The number of thioether (sulfide) groups is 1. The number of rotatable bonds is 4. The molecule has 0 aromatic heterocycles. The summed E-state index contributed by atoms with van der Waals surface area (Å²) >= 11 is 1.65. The quantitative estimate of drug-likeness (QED) is 0.512. The summed E-state index contributed by atoms with van der Waals surface area (Å²) in [6.45, 7) is 0. The van der Waals surface area contributed by atoms with E-state index in [1.54, 1.807) is 30.0 Å². The number of esters is 1. The Kier molecular flexibility index (Phi) is 4.53. The highest BCUT2D eigenvalue weighted by molar-refractivity contribution is 7.98. The van der Waals surface area contributed by atoms with Gasteiger partial charge in [0.05, 0.1) is 29.7 Å². The molecule has 3 N–H and O–H groups in total. The smallest absolute Gasteiger partial charge is 0.337 e. The van der Waals surface area contributed by atoms with E-state index < -0.39 is 5.97 Å². The summed E-state index contributed by atoms with van der Waals surface area (Å²) in [5.41, 5.74) is 8.67. The van der Waals surface area contributed by atoms with Gasteiger partial charge in [-0.15, -0.1) is 11.8 Å². The molecule has 4 nitrogen and oxygen atoms in total. The second kappa shape index (κ2) is 6.34. The van der Waals surface area contributed by atoms with Crippen LogP contribution in [0.25, 0.3) is 0 Å². The Morgan fingerprint density at radius 1 is 1.20 bits per heavy atom. The number of nitrogens with one attached hydrogen (secondary N) is 1. The maximum Gasteiger partial charge on any atom is 0.337 e. The lowest BCUT2D eigenvalue weighted by Gasteiger charge is -2.13. The average Bonchev–Trinajstić information content (AvgIpc) is 2.49. The van der Waals surface area contributed by atoms with E-state index in [0.29, 0.717) is 11.3 Å². The molecule has 104 valence electrons. The van der Waals surface area contributed by atoms with E-state index >= 15 is 0 Å². The Balaban J connectivity index is 2.28. The number of carbonyl (C=O) groups excluding carboxylic acids is 1. The summed E-state index contributed by atoms with van der Waals surface area (Å²) in [5, 5.41) is 3.28. The van der Waals surface area contributed by atoms with Gasteiger partial charge in [0.1, 0.15) is 0 Å². The van der Waals surface area contributed by atoms with Crippen molar-refractivity contribution in [3.05, 3.63) is 48.0 Å². The van der Waals surface area contributed by atoms with Gasteiger partial charge in [-0.25, -0.2) is 4.79 Å². The van der Waals surface area contributed by atoms with Crippen LogP contribution in [0.5, 0.6) is 0 Å². The minimum atomic E-state index is -0.396. The topological polar surface area (TPSA) is 64.3 Å². The van der Waals surface area contributed by atoms with Crippen LogP contribution in [0, 0.1) is 0 Å². The molecule has 0 aliphatic heterocycles. The average molecular weight is 288 g/mol. The Labute approximate surface area is 122 Å². The molecule has 0 unspecified atom stereocenters. The number of methoxy groups -OCH3 is 1. The number of nitrogen functional groups attached to an aromatic ring is 1. The van der Waals surface area contributed by atoms with Crippen LogP contribution < -0.4 is 11.1 Å². The summed E-state index contributed by atoms with van der Waals surface area (Å²) in [4.78, 5) is 12.6. The molecule has 0 radical (unpaired) electrons. The second-order valence-electron chi connectivity index (χ2n) is 4.12. The summed E-state index contributed by atoms with van der Waals surface area (Å²) < 4.78 is 4.67. The number of anilines is 3. The summed E-state index contributed by atoms with van der Waals surface area (Å²) in [7, 11) is 1.35. The lowest BCUT2D eigenvalue weighted by molar-refractivity contribution is 0.0601. The zero-order valence-corrected chi connectivity index (χ0v) is 12.2. The summed E-state index contributed by atoms with van der Waals surface area (Å²) in [5.74, 6) is -0.396. The number of nitrogens with two attached hydrogens (primary N) is 1. The highest BCUT2D eigenvalue weighted by atomic mass is 32.2. The van der Waals surface area contributed by atoms with Crippen LogP contribution in [0.2, 0.25) is 0 Å². The zero-order chi connectivity index (χ0) is 14.5. The van der Waals surface area contributed by atoms with Crippen molar-refractivity contribution in [3.8, 4) is 0 Å². The molecular weight excluding hydrogens is 272 g/mol. The maximum absolute atomic E-state index is 11.4. The first kappa shape index (κ1) is 14.3. The lowest BCUT2D eigenvalue weighted by atomic mass is 10.1. The van der Waals surface area contributed by atoms with Crippen LogP contribution in [-0.2, 0) is 4.74 Å².